The second kappa shape index (κ2) is 9.85. The highest BCUT2D eigenvalue weighted by Crippen LogP contribution is 2.35. The van der Waals surface area contributed by atoms with Crippen LogP contribution in [0.25, 0.3) is 11.6 Å². The lowest BCUT2D eigenvalue weighted by molar-refractivity contribution is -0.137. The van der Waals surface area contributed by atoms with E-state index in [1.807, 2.05) is 18.5 Å². The average molecular weight is 507 g/mol. The van der Waals surface area contributed by atoms with E-state index in [1.54, 1.807) is 23.9 Å². The van der Waals surface area contributed by atoms with E-state index in [0.29, 0.717) is 23.5 Å². The largest absolute Gasteiger partial charge is 0.440 e. The maximum atomic E-state index is 12.9. The molecule has 11 heteroatoms. The summed E-state index contributed by atoms with van der Waals surface area (Å²) in [6.45, 7) is 5.73. The first-order valence-electron chi connectivity index (χ1n) is 11.9. The second-order valence-electron chi connectivity index (χ2n) is 9.27. The standard InChI is InChI=1S/C24H29F3N6OS/c1-16-21(34-15-28-16)22-29-30-23(31(22)2)35-13-3-10-32-11-8-17-9-12-33(14-20(17)32)19-6-4-18(5-7-19)24(25,26)27/h4-7,15,17,20H,3,8-14H2,1-2H3. The first-order chi connectivity index (χ1) is 16.8. The molecule has 0 aliphatic carbocycles. The Morgan fingerprint density at radius 1 is 1.11 bits per heavy atom. The molecule has 2 saturated heterocycles. The first kappa shape index (κ1) is 24.2. The molecule has 0 bridgehead atoms. The van der Waals surface area contributed by atoms with Gasteiger partial charge in [-0.2, -0.15) is 13.2 Å². The molecule has 1 aromatic carbocycles. The number of fused-ring (bicyclic) bond motifs is 1. The third kappa shape index (κ3) is 5.06. The summed E-state index contributed by atoms with van der Waals surface area (Å²) in [5, 5.41) is 9.42. The number of aromatic nitrogens is 4. The molecule has 2 atom stereocenters. The van der Waals surface area contributed by atoms with Crippen LogP contribution in [0.1, 0.15) is 30.5 Å². The van der Waals surface area contributed by atoms with Crippen LogP contribution in [0, 0.1) is 12.8 Å². The van der Waals surface area contributed by atoms with E-state index in [9.17, 15) is 13.2 Å². The summed E-state index contributed by atoms with van der Waals surface area (Å²) in [6.07, 6.45) is 0.423. The number of anilines is 1. The Bertz CT molecular complexity index is 1150. The van der Waals surface area contributed by atoms with Gasteiger partial charge in [-0.1, -0.05) is 11.8 Å². The van der Waals surface area contributed by atoms with Crippen molar-refractivity contribution in [1.29, 1.82) is 0 Å². The van der Waals surface area contributed by atoms with Crippen molar-refractivity contribution in [3.8, 4) is 11.6 Å². The minimum atomic E-state index is -4.30. The fraction of sp³-hybridized carbons (Fsp3) is 0.542. The summed E-state index contributed by atoms with van der Waals surface area (Å²) < 4.78 is 46.1. The minimum Gasteiger partial charge on any atom is -0.440 e. The van der Waals surface area contributed by atoms with Crippen molar-refractivity contribution in [1.82, 2.24) is 24.6 Å². The number of halogens is 3. The van der Waals surface area contributed by atoms with Crippen LogP contribution in [0.15, 0.2) is 40.2 Å². The fourth-order valence-electron chi connectivity index (χ4n) is 5.19. The zero-order chi connectivity index (χ0) is 24.6. The van der Waals surface area contributed by atoms with Gasteiger partial charge >= 0.3 is 6.18 Å². The van der Waals surface area contributed by atoms with E-state index in [-0.39, 0.29) is 0 Å². The quantitative estimate of drug-likeness (QED) is 0.334. The van der Waals surface area contributed by atoms with E-state index in [1.165, 1.54) is 24.9 Å². The summed E-state index contributed by atoms with van der Waals surface area (Å²) in [5.74, 6) is 2.91. The molecule has 0 spiro atoms. The highest BCUT2D eigenvalue weighted by molar-refractivity contribution is 7.99. The van der Waals surface area contributed by atoms with Gasteiger partial charge in [0, 0.05) is 37.6 Å². The molecular weight excluding hydrogens is 477 g/mol. The Balaban J connectivity index is 1.14. The topological polar surface area (TPSA) is 63.2 Å². The summed E-state index contributed by atoms with van der Waals surface area (Å²) >= 11 is 1.68. The normalized spacial score (nSPS) is 21.0. The molecule has 2 aliphatic heterocycles. The third-order valence-corrected chi connectivity index (χ3v) is 8.25. The highest BCUT2D eigenvalue weighted by atomic mass is 32.2. The number of rotatable bonds is 7. The highest BCUT2D eigenvalue weighted by Gasteiger charge is 2.38. The molecule has 3 aromatic rings. The molecule has 5 rings (SSSR count). The SMILES string of the molecule is Cc1ncoc1-c1nnc(SCCCN2CCC3CCN(c4ccc(C(F)(F)F)cc4)CC32)n1C. The Hall–Kier alpha value is -2.53. The number of oxazole rings is 1. The van der Waals surface area contributed by atoms with Gasteiger partial charge in [0.1, 0.15) is 0 Å². The lowest BCUT2D eigenvalue weighted by Gasteiger charge is -2.40. The van der Waals surface area contributed by atoms with E-state index in [2.05, 4.69) is 25.0 Å². The van der Waals surface area contributed by atoms with Gasteiger partial charge in [0.15, 0.2) is 17.3 Å². The molecule has 2 unspecified atom stereocenters. The summed E-state index contributed by atoms with van der Waals surface area (Å²) in [4.78, 5) is 8.92. The van der Waals surface area contributed by atoms with Crippen LogP contribution >= 0.6 is 11.8 Å². The van der Waals surface area contributed by atoms with Crippen molar-refractivity contribution >= 4 is 17.4 Å². The van der Waals surface area contributed by atoms with Gasteiger partial charge < -0.3 is 13.9 Å². The van der Waals surface area contributed by atoms with E-state index >= 15 is 0 Å². The Kier molecular flexibility index (Phi) is 6.80. The fourth-order valence-corrected chi connectivity index (χ4v) is 6.02. The van der Waals surface area contributed by atoms with Crippen molar-refractivity contribution < 1.29 is 17.6 Å². The van der Waals surface area contributed by atoms with Gasteiger partial charge in [-0.3, -0.25) is 4.90 Å². The first-order valence-corrected chi connectivity index (χ1v) is 12.9. The number of thioether (sulfide) groups is 1. The van der Waals surface area contributed by atoms with Gasteiger partial charge in [0.2, 0.25) is 5.82 Å². The van der Waals surface area contributed by atoms with E-state index in [4.69, 9.17) is 4.42 Å². The lowest BCUT2D eigenvalue weighted by atomic mass is 9.91. The monoisotopic (exact) mass is 506 g/mol. The number of aryl methyl sites for hydroxylation is 1. The van der Waals surface area contributed by atoms with Crippen LogP contribution in [-0.4, -0.2) is 62.6 Å². The molecule has 2 fully saturated rings. The molecule has 0 N–H and O–H groups in total. The molecule has 0 saturated carbocycles. The van der Waals surface area contributed by atoms with Crippen LogP contribution in [0.2, 0.25) is 0 Å². The van der Waals surface area contributed by atoms with Gasteiger partial charge in [-0.05, 0) is 69.5 Å². The van der Waals surface area contributed by atoms with Gasteiger partial charge in [0.25, 0.3) is 0 Å². The van der Waals surface area contributed by atoms with E-state index in [0.717, 1.165) is 61.3 Å². The zero-order valence-electron chi connectivity index (χ0n) is 19.8. The molecule has 7 nitrogen and oxygen atoms in total. The predicted octanol–water partition coefficient (Wildman–Crippen LogP) is 4.88. The number of hydrogen-bond acceptors (Lipinski definition) is 7. The van der Waals surface area contributed by atoms with Crippen molar-refractivity contribution in [3.63, 3.8) is 0 Å². The predicted molar refractivity (Wildman–Crippen MR) is 128 cm³/mol. The minimum absolute atomic E-state index is 0.451. The maximum absolute atomic E-state index is 12.9. The van der Waals surface area contributed by atoms with Crippen LogP contribution in [0.4, 0.5) is 18.9 Å². The summed E-state index contributed by atoms with van der Waals surface area (Å²) in [7, 11) is 1.93. The Morgan fingerprint density at radius 2 is 1.89 bits per heavy atom. The molecule has 0 radical (unpaired) electrons. The number of nitrogens with zero attached hydrogens (tertiary/aromatic N) is 6. The van der Waals surface area contributed by atoms with Gasteiger partial charge in [-0.25, -0.2) is 4.98 Å². The van der Waals surface area contributed by atoms with Crippen molar-refractivity contribution in [2.24, 2.45) is 13.0 Å². The van der Waals surface area contributed by atoms with Crippen LogP contribution in [-0.2, 0) is 13.2 Å². The number of benzene rings is 1. The smallest absolute Gasteiger partial charge is 0.416 e. The summed E-state index contributed by atoms with van der Waals surface area (Å²) in [5.41, 5.74) is 1.07. The zero-order valence-corrected chi connectivity index (χ0v) is 20.6. The maximum Gasteiger partial charge on any atom is 0.416 e. The number of hydrogen-bond donors (Lipinski definition) is 0. The van der Waals surface area contributed by atoms with Crippen LogP contribution in [0.3, 0.4) is 0 Å². The second-order valence-corrected chi connectivity index (χ2v) is 10.3. The molecule has 2 aliphatic rings. The Labute approximate surface area is 206 Å². The van der Waals surface area contributed by atoms with Gasteiger partial charge in [-0.15, -0.1) is 10.2 Å². The molecule has 188 valence electrons. The molecular formula is C24H29F3N6OS. The van der Waals surface area contributed by atoms with Gasteiger partial charge in [0.05, 0.1) is 11.3 Å². The van der Waals surface area contributed by atoms with E-state index < -0.39 is 11.7 Å². The van der Waals surface area contributed by atoms with Crippen molar-refractivity contribution in [2.45, 2.75) is 43.6 Å². The molecule has 0 amide bonds. The molecule has 35 heavy (non-hydrogen) atoms. The third-order valence-electron chi connectivity index (χ3n) is 7.14. The Morgan fingerprint density at radius 3 is 2.60 bits per heavy atom. The van der Waals surface area contributed by atoms with Crippen molar-refractivity contribution in [3.05, 3.63) is 41.9 Å². The number of alkyl halides is 3. The summed E-state index contributed by atoms with van der Waals surface area (Å²) in [6, 6.07) is 6.04. The van der Waals surface area contributed by atoms with Crippen molar-refractivity contribution in [2.75, 3.05) is 36.8 Å². The number of likely N-dealkylation sites (tertiary alicyclic amines) is 1. The van der Waals surface area contributed by atoms with Crippen LogP contribution in [0.5, 0.6) is 0 Å². The van der Waals surface area contributed by atoms with Crippen LogP contribution < -0.4 is 4.90 Å². The lowest BCUT2D eigenvalue weighted by Crippen LogP contribution is -2.48. The molecule has 2 aromatic heterocycles. The number of piperidine rings is 1. The average Bonchev–Trinajstić information content (AvgIpc) is 3.54. The molecule has 4 heterocycles.